The summed E-state index contributed by atoms with van der Waals surface area (Å²) >= 11 is 0. The van der Waals surface area contributed by atoms with Crippen molar-refractivity contribution >= 4 is 11.5 Å². The Bertz CT molecular complexity index is 450. The molecule has 0 aromatic heterocycles. The van der Waals surface area contributed by atoms with E-state index in [9.17, 15) is 4.79 Å². The van der Waals surface area contributed by atoms with E-state index in [0.717, 1.165) is 19.5 Å². The van der Waals surface area contributed by atoms with Gasteiger partial charge >= 0.3 is 0 Å². The summed E-state index contributed by atoms with van der Waals surface area (Å²) in [6, 6.07) is 8.57. The fourth-order valence-electron chi connectivity index (χ4n) is 2.64. The van der Waals surface area contributed by atoms with Gasteiger partial charge in [0.05, 0.1) is 0 Å². The Labute approximate surface area is 110 Å². The molecule has 1 unspecified atom stereocenters. The number of hydrogen-bond acceptors (Lipinski definition) is 2. The lowest BCUT2D eigenvalue weighted by atomic mass is 9.86. The minimum Gasteiger partial charge on any atom is -0.370 e. The van der Waals surface area contributed by atoms with Crippen LogP contribution in [0.2, 0.25) is 0 Å². The highest BCUT2D eigenvalue weighted by molar-refractivity contribution is 5.82. The van der Waals surface area contributed by atoms with Crippen molar-refractivity contribution in [2.45, 2.75) is 34.1 Å². The smallest absolute Gasteiger partial charge is 0.137 e. The molecule has 98 valence electrons. The van der Waals surface area contributed by atoms with Crippen LogP contribution in [0.15, 0.2) is 24.3 Å². The topological polar surface area (TPSA) is 20.3 Å². The summed E-state index contributed by atoms with van der Waals surface area (Å²) in [6.07, 6.45) is 1.15. The number of nitrogens with zero attached hydrogens (tertiary/aromatic N) is 1. The van der Waals surface area contributed by atoms with Crippen LogP contribution in [-0.4, -0.2) is 18.9 Å². The molecule has 0 radical (unpaired) electrons. The van der Waals surface area contributed by atoms with Crippen LogP contribution in [0, 0.1) is 11.3 Å². The summed E-state index contributed by atoms with van der Waals surface area (Å²) in [4.78, 5) is 14.1. The Morgan fingerprint density at radius 3 is 2.72 bits per heavy atom. The molecule has 1 aromatic rings. The van der Waals surface area contributed by atoms with Gasteiger partial charge in [-0.05, 0) is 30.9 Å². The molecule has 0 bridgehead atoms. The van der Waals surface area contributed by atoms with E-state index in [2.05, 4.69) is 36.1 Å². The molecule has 1 aromatic carbocycles. The van der Waals surface area contributed by atoms with E-state index in [4.69, 9.17) is 0 Å². The van der Waals surface area contributed by atoms with Crippen LogP contribution < -0.4 is 4.90 Å². The highest BCUT2D eigenvalue weighted by Gasteiger charge is 2.30. The fourth-order valence-corrected chi connectivity index (χ4v) is 2.64. The van der Waals surface area contributed by atoms with Crippen molar-refractivity contribution in [3.63, 3.8) is 0 Å². The van der Waals surface area contributed by atoms with Gasteiger partial charge in [-0.1, -0.05) is 39.0 Å². The largest absolute Gasteiger partial charge is 0.370 e. The summed E-state index contributed by atoms with van der Waals surface area (Å²) in [6.45, 7) is 9.91. The maximum atomic E-state index is 11.7. The van der Waals surface area contributed by atoms with Gasteiger partial charge in [-0.2, -0.15) is 0 Å². The SMILES string of the molecule is CC(=O)C(C)(C)CN1CC(C)Cc2ccccc21. The lowest BCUT2D eigenvalue weighted by molar-refractivity contribution is -0.124. The molecule has 0 fully saturated rings. The van der Waals surface area contributed by atoms with Gasteiger partial charge in [-0.15, -0.1) is 0 Å². The zero-order valence-electron chi connectivity index (χ0n) is 11.9. The number of carbonyl (C=O) groups excluding carboxylic acids is 1. The van der Waals surface area contributed by atoms with Crippen molar-refractivity contribution < 1.29 is 4.79 Å². The first-order valence-electron chi connectivity index (χ1n) is 6.74. The summed E-state index contributed by atoms with van der Waals surface area (Å²) < 4.78 is 0. The average molecular weight is 245 g/mol. The Balaban J connectivity index is 2.27. The first-order chi connectivity index (χ1) is 8.40. The molecular formula is C16H23NO. The van der Waals surface area contributed by atoms with E-state index >= 15 is 0 Å². The van der Waals surface area contributed by atoms with Crippen LogP contribution >= 0.6 is 0 Å². The van der Waals surface area contributed by atoms with Crippen molar-refractivity contribution in [2.75, 3.05) is 18.0 Å². The Morgan fingerprint density at radius 1 is 1.39 bits per heavy atom. The molecule has 0 saturated carbocycles. The minimum absolute atomic E-state index is 0.262. The molecule has 0 spiro atoms. The number of fused-ring (bicyclic) bond motifs is 1. The molecule has 0 N–H and O–H groups in total. The van der Waals surface area contributed by atoms with Gasteiger partial charge in [-0.3, -0.25) is 4.79 Å². The molecule has 1 aliphatic heterocycles. The minimum atomic E-state index is -0.274. The molecule has 2 heteroatoms. The lowest BCUT2D eigenvalue weighted by Crippen LogP contribution is -2.43. The number of ketones is 1. The number of rotatable bonds is 3. The molecule has 0 aliphatic carbocycles. The van der Waals surface area contributed by atoms with Gasteiger partial charge in [0.25, 0.3) is 0 Å². The highest BCUT2D eigenvalue weighted by Crippen LogP contribution is 2.32. The second-order valence-corrected chi connectivity index (χ2v) is 6.26. The van der Waals surface area contributed by atoms with Crippen molar-refractivity contribution in [2.24, 2.45) is 11.3 Å². The van der Waals surface area contributed by atoms with Crippen LogP contribution in [0.3, 0.4) is 0 Å². The molecule has 1 heterocycles. The summed E-state index contributed by atoms with van der Waals surface area (Å²) in [7, 11) is 0. The molecule has 0 amide bonds. The Morgan fingerprint density at radius 2 is 2.06 bits per heavy atom. The lowest BCUT2D eigenvalue weighted by Gasteiger charge is -2.39. The van der Waals surface area contributed by atoms with Crippen molar-refractivity contribution in [1.82, 2.24) is 0 Å². The molecule has 2 nitrogen and oxygen atoms in total. The highest BCUT2D eigenvalue weighted by atomic mass is 16.1. The van der Waals surface area contributed by atoms with Gasteiger partial charge in [0.1, 0.15) is 5.78 Å². The van der Waals surface area contributed by atoms with E-state index < -0.39 is 0 Å². The second kappa shape index (κ2) is 4.75. The van der Waals surface area contributed by atoms with E-state index in [0.29, 0.717) is 5.92 Å². The van der Waals surface area contributed by atoms with E-state index in [1.807, 2.05) is 13.8 Å². The zero-order chi connectivity index (χ0) is 13.3. The number of anilines is 1. The van der Waals surface area contributed by atoms with Gasteiger partial charge in [0.15, 0.2) is 0 Å². The van der Waals surface area contributed by atoms with E-state index in [-0.39, 0.29) is 11.2 Å². The molecule has 1 aliphatic rings. The fraction of sp³-hybridized carbons (Fsp3) is 0.562. The number of Topliss-reactive ketones (excluding diaryl/α,β-unsaturated/α-hetero) is 1. The predicted molar refractivity (Wildman–Crippen MR) is 76.0 cm³/mol. The van der Waals surface area contributed by atoms with Crippen LogP contribution in [0.5, 0.6) is 0 Å². The second-order valence-electron chi connectivity index (χ2n) is 6.26. The van der Waals surface area contributed by atoms with E-state index in [1.165, 1.54) is 11.3 Å². The molecule has 1 atom stereocenters. The third-order valence-electron chi connectivity index (χ3n) is 3.97. The van der Waals surface area contributed by atoms with Gasteiger partial charge < -0.3 is 4.90 Å². The zero-order valence-corrected chi connectivity index (χ0v) is 11.9. The summed E-state index contributed by atoms with van der Waals surface area (Å²) in [5.41, 5.74) is 2.45. The number of benzene rings is 1. The van der Waals surface area contributed by atoms with Crippen LogP contribution in [0.1, 0.15) is 33.3 Å². The monoisotopic (exact) mass is 245 g/mol. The predicted octanol–water partition coefficient (Wildman–Crippen LogP) is 3.30. The Hall–Kier alpha value is -1.31. The Kier molecular flexibility index (Phi) is 3.47. The van der Waals surface area contributed by atoms with Crippen LogP contribution in [0.25, 0.3) is 0 Å². The maximum Gasteiger partial charge on any atom is 0.137 e. The summed E-state index contributed by atoms with van der Waals surface area (Å²) in [5.74, 6) is 0.917. The van der Waals surface area contributed by atoms with Crippen molar-refractivity contribution in [3.05, 3.63) is 29.8 Å². The molecule has 2 rings (SSSR count). The van der Waals surface area contributed by atoms with Crippen molar-refractivity contribution in [3.8, 4) is 0 Å². The van der Waals surface area contributed by atoms with Gasteiger partial charge in [0, 0.05) is 24.2 Å². The first kappa shape index (κ1) is 13.1. The van der Waals surface area contributed by atoms with Crippen molar-refractivity contribution in [1.29, 1.82) is 0 Å². The maximum absolute atomic E-state index is 11.7. The number of para-hydroxylation sites is 1. The molecule has 0 saturated heterocycles. The number of hydrogen-bond donors (Lipinski definition) is 0. The number of carbonyl (C=O) groups is 1. The molecular weight excluding hydrogens is 222 g/mol. The normalized spacial score (nSPS) is 19.6. The van der Waals surface area contributed by atoms with Crippen LogP contribution in [0.4, 0.5) is 5.69 Å². The molecule has 18 heavy (non-hydrogen) atoms. The standard InChI is InChI=1S/C16H23NO/c1-12-9-14-7-5-6-8-15(14)17(10-12)11-16(3,4)13(2)18/h5-8,12H,9-11H2,1-4H3. The van der Waals surface area contributed by atoms with Crippen LogP contribution in [-0.2, 0) is 11.2 Å². The third-order valence-corrected chi connectivity index (χ3v) is 3.97. The van der Waals surface area contributed by atoms with Gasteiger partial charge in [0.2, 0.25) is 0 Å². The quantitative estimate of drug-likeness (QED) is 0.814. The van der Waals surface area contributed by atoms with E-state index in [1.54, 1.807) is 6.92 Å². The average Bonchev–Trinajstić information content (AvgIpc) is 2.28. The first-order valence-corrected chi connectivity index (χ1v) is 6.74. The third kappa shape index (κ3) is 2.58. The summed E-state index contributed by atoms with van der Waals surface area (Å²) in [5, 5.41) is 0. The van der Waals surface area contributed by atoms with Gasteiger partial charge in [-0.25, -0.2) is 0 Å².